The molecular weight excluding hydrogens is 358 g/mol. The van der Waals surface area contributed by atoms with Crippen LogP contribution in [0, 0.1) is 0 Å². The first-order valence-electron chi connectivity index (χ1n) is 6.79. The van der Waals surface area contributed by atoms with Crippen molar-refractivity contribution in [2.45, 2.75) is 6.10 Å². The maximum absolute atomic E-state index is 12.6. The van der Waals surface area contributed by atoms with Gasteiger partial charge in [0.15, 0.2) is 17.6 Å². The molecule has 0 unspecified atom stereocenters. The van der Waals surface area contributed by atoms with Crippen LogP contribution in [0.15, 0.2) is 16.6 Å². The van der Waals surface area contributed by atoms with Crippen molar-refractivity contribution >= 4 is 27.8 Å². The summed E-state index contributed by atoms with van der Waals surface area (Å²) in [4.78, 5) is 25.0. The van der Waals surface area contributed by atoms with Crippen LogP contribution in [0.3, 0.4) is 0 Å². The number of hydrogen-bond acceptors (Lipinski definition) is 5. The smallest absolute Gasteiger partial charge is 0.334 e. The zero-order valence-electron chi connectivity index (χ0n) is 11.6. The molecule has 0 saturated carbocycles. The molecule has 0 radical (unpaired) electrons. The third-order valence-corrected chi connectivity index (χ3v) is 4.06. The Morgan fingerprint density at radius 3 is 2.77 bits per heavy atom. The first-order valence-corrected chi connectivity index (χ1v) is 7.58. The molecule has 1 amide bonds. The van der Waals surface area contributed by atoms with E-state index >= 15 is 0 Å². The van der Waals surface area contributed by atoms with Crippen LogP contribution in [0.5, 0.6) is 11.5 Å². The second-order valence-electron chi connectivity index (χ2n) is 4.93. The SMILES string of the molecule is O=C(O)[C@@H]1CN(C(=O)c2cc(Br)c3c(c2)OCCO3)CCO1. The Balaban J connectivity index is 1.83. The molecule has 0 aliphatic carbocycles. The summed E-state index contributed by atoms with van der Waals surface area (Å²) in [6.45, 7) is 1.47. The zero-order chi connectivity index (χ0) is 15.7. The molecule has 2 aliphatic heterocycles. The van der Waals surface area contributed by atoms with E-state index < -0.39 is 12.1 Å². The minimum Gasteiger partial charge on any atom is -0.486 e. The topological polar surface area (TPSA) is 85.3 Å². The molecule has 1 fully saturated rings. The van der Waals surface area contributed by atoms with Gasteiger partial charge in [0.1, 0.15) is 13.2 Å². The van der Waals surface area contributed by atoms with Crippen molar-refractivity contribution < 1.29 is 28.9 Å². The summed E-state index contributed by atoms with van der Waals surface area (Å²) in [6.07, 6.45) is -0.988. The summed E-state index contributed by atoms with van der Waals surface area (Å²) in [5, 5.41) is 9.00. The normalized spacial score (nSPS) is 20.6. The predicted octanol–water partition coefficient (Wildman–Crippen LogP) is 1.15. The molecule has 1 aromatic rings. The Bertz CT molecular complexity index is 620. The number of carbonyl (C=O) groups is 2. The van der Waals surface area contributed by atoms with Gasteiger partial charge in [-0.2, -0.15) is 0 Å². The van der Waals surface area contributed by atoms with Crippen LogP contribution in [0.4, 0.5) is 0 Å². The number of halogens is 1. The van der Waals surface area contributed by atoms with E-state index in [1.807, 2.05) is 0 Å². The number of amides is 1. The average molecular weight is 372 g/mol. The monoisotopic (exact) mass is 371 g/mol. The fourth-order valence-electron chi connectivity index (χ4n) is 2.40. The lowest BCUT2D eigenvalue weighted by atomic mass is 10.1. The highest BCUT2D eigenvalue weighted by Crippen LogP contribution is 2.38. The van der Waals surface area contributed by atoms with Gasteiger partial charge in [0.05, 0.1) is 17.6 Å². The number of aliphatic carboxylic acids is 1. The van der Waals surface area contributed by atoms with Gasteiger partial charge in [-0.1, -0.05) is 0 Å². The van der Waals surface area contributed by atoms with E-state index in [2.05, 4.69) is 15.9 Å². The summed E-state index contributed by atoms with van der Waals surface area (Å²) in [5.74, 6) is -0.242. The van der Waals surface area contributed by atoms with Crippen molar-refractivity contribution in [3.8, 4) is 11.5 Å². The number of carboxylic acids is 1. The van der Waals surface area contributed by atoms with Crippen LogP contribution < -0.4 is 9.47 Å². The Kier molecular flexibility index (Phi) is 4.21. The van der Waals surface area contributed by atoms with E-state index in [-0.39, 0.29) is 19.1 Å². The van der Waals surface area contributed by atoms with E-state index in [0.717, 1.165) is 0 Å². The van der Waals surface area contributed by atoms with E-state index in [1.165, 1.54) is 4.90 Å². The van der Waals surface area contributed by atoms with E-state index in [4.69, 9.17) is 19.3 Å². The molecule has 1 atom stereocenters. The van der Waals surface area contributed by atoms with Gasteiger partial charge < -0.3 is 24.2 Å². The first-order chi connectivity index (χ1) is 10.6. The number of morpholine rings is 1. The number of nitrogens with zero attached hydrogens (tertiary/aromatic N) is 1. The van der Waals surface area contributed by atoms with E-state index in [0.29, 0.717) is 41.3 Å². The number of hydrogen-bond donors (Lipinski definition) is 1. The van der Waals surface area contributed by atoms with Gasteiger partial charge in [-0.05, 0) is 28.1 Å². The molecule has 118 valence electrons. The lowest BCUT2D eigenvalue weighted by Crippen LogP contribution is -2.48. The third kappa shape index (κ3) is 2.89. The van der Waals surface area contributed by atoms with Gasteiger partial charge in [-0.25, -0.2) is 4.79 Å². The van der Waals surface area contributed by atoms with Crippen LogP contribution >= 0.6 is 15.9 Å². The number of carbonyl (C=O) groups excluding carboxylic acids is 1. The highest BCUT2D eigenvalue weighted by atomic mass is 79.9. The van der Waals surface area contributed by atoms with Gasteiger partial charge in [0.25, 0.3) is 5.91 Å². The maximum atomic E-state index is 12.6. The van der Waals surface area contributed by atoms with Crippen LogP contribution in [0.2, 0.25) is 0 Å². The highest BCUT2D eigenvalue weighted by Gasteiger charge is 2.30. The van der Waals surface area contributed by atoms with Crippen molar-refractivity contribution in [3.63, 3.8) is 0 Å². The van der Waals surface area contributed by atoms with Crippen molar-refractivity contribution in [1.29, 1.82) is 0 Å². The number of fused-ring (bicyclic) bond motifs is 1. The van der Waals surface area contributed by atoms with Crippen molar-refractivity contribution in [1.82, 2.24) is 4.90 Å². The Morgan fingerprint density at radius 1 is 1.23 bits per heavy atom. The van der Waals surface area contributed by atoms with Crippen molar-refractivity contribution in [2.75, 3.05) is 32.9 Å². The Labute approximate surface area is 134 Å². The number of ether oxygens (including phenoxy) is 3. The summed E-state index contributed by atoms with van der Waals surface area (Å²) in [7, 11) is 0. The van der Waals surface area contributed by atoms with Gasteiger partial charge in [-0.15, -0.1) is 0 Å². The molecule has 1 saturated heterocycles. The fourth-order valence-corrected chi connectivity index (χ4v) is 2.96. The second kappa shape index (κ2) is 6.13. The van der Waals surface area contributed by atoms with Crippen LogP contribution in [-0.4, -0.2) is 60.9 Å². The van der Waals surface area contributed by atoms with Gasteiger partial charge >= 0.3 is 5.97 Å². The molecule has 7 nitrogen and oxygen atoms in total. The lowest BCUT2D eigenvalue weighted by molar-refractivity contribution is -0.154. The van der Waals surface area contributed by atoms with E-state index in [9.17, 15) is 9.59 Å². The lowest BCUT2D eigenvalue weighted by Gasteiger charge is -2.31. The first kappa shape index (κ1) is 15.1. The van der Waals surface area contributed by atoms with Crippen LogP contribution in [-0.2, 0) is 9.53 Å². The molecule has 3 rings (SSSR count). The average Bonchev–Trinajstić information content (AvgIpc) is 2.54. The predicted molar refractivity (Wildman–Crippen MR) is 78.4 cm³/mol. The molecule has 0 spiro atoms. The molecule has 1 aromatic carbocycles. The van der Waals surface area contributed by atoms with Crippen LogP contribution in [0.25, 0.3) is 0 Å². The molecule has 2 aliphatic rings. The van der Waals surface area contributed by atoms with Crippen LogP contribution in [0.1, 0.15) is 10.4 Å². The summed E-state index contributed by atoms with van der Waals surface area (Å²) in [6, 6.07) is 3.27. The summed E-state index contributed by atoms with van der Waals surface area (Å²) in [5.41, 5.74) is 0.419. The standard InChI is InChI=1S/C14H14BrNO6/c15-9-5-8(6-10-12(9)22-4-3-21-10)13(17)16-1-2-20-11(7-16)14(18)19/h5-6,11H,1-4,7H2,(H,18,19)/t11-/m0/s1. The number of rotatable bonds is 2. The Morgan fingerprint density at radius 2 is 2.00 bits per heavy atom. The quantitative estimate of drug-likeness (QED) is 0.838. The minimum atomic E-state index is -1.07. The molecular formula is C14H14BrNO6. The molecule has 1 N–H and O–H groups in total. The Hall–Kier alpha value is -1.80. The fraction of sp³-hybridized carbons (Fsp3) is 0.429. The molecule has 0 aromatic heterocycles. The number of carboxylic acid groups (broad SMARTS) is 1. The third-order valence-electron chi connectivity index (χ3n) is 3.47. The number of benzene rings is 1. The van der Waals surface area contributed by atoms with Crippen molar-refractivity contribution in [2.24, 2.45) is 0 Å². The zero-order valence-corrected chi connectivity index (χ0v) is 13.2. The van der Waals surface area contributed by atoms with Gasteiger partial charge in [-0.3, -0.25) is 4.79 Å². The minimum absolute atomic E-state index is 0.0280. The summed E-state index contributed by atoms with van der Waals surface area (Å²) >= 11 is 3.37. The van der Waals surface area contributed by atoms with Gasteiger partial charge in [0.2, 0.25) is 0 Å². The van der Waals surface area contributed by atoms with Crippen molar-refractivity contribution in [3.05, 3.63) is 22.2 Å². The highest BCUT2D eigenvalue weighted by molar-refractivity contribution is 9.10. The maximum Gasteiger partial charge on any atom is 0.334 e. The molecule has 8 heteroatoms. The molecule has 0 bridgehead atoms. The van der Waals surface area contributed by atoms with Gasteiger partial charge in [0, 0.05) is 12.1 Å². The summed E-state index contributed by atoms with van der Waals surface area (Å²) < 4.78 is 16.7. The molecule has 22 heavy (non-hydrogen) atoms. The second-order valence-corrected chi connectivity index (χ2v) is 5.79. The van der Waals surface area contributed by atoms with E-state index in [1.54, 1.807) is 12.1 Å². The largest absolute Gasteiger partial charge is 0.486 e. The molecule has 2 heterocycles.